The number of rotatable bonds is 9. The summed E-state index contributed by atoms with van der Waals surface area (Å²) in [6, 6.07) is 24.1. The SMILES string of the molecule is COc1c(NC(=O)Nc2ccc(-c3ccc(CN4CCCC4)cc3)c3ccccc23)cc(C(C)(C)C)cc1Nc1c(N(C)C)c(=O)c1=O. The van der Waals surface area contributed by atoms with Gasteiger partial charge in [-0.25, -0.2) is 4.79 Å². The van der Waals surface area contributed by atoms with Crippen LogP contribution in [0.4, 0.5) is 33.2 Å². The molecule has 5 aromatic carbocycles. The van der Waals surface area contributed by atoms with Gasteiger partial charge in [-0.2, -0.15) is 0 Å². The van der Waals surface area contributed by atoms with Gasteiger partial charge in [-0.3, -0.25) is 14.5 Å². The molecule has 0 radical (unpaired) electrons. The average molecular weight is 646 g/mol. The zero-order chi connectivity index (χ0) is 34.2. The van der Waals surface area contributed by atoms with Crippen LogP contribution in [0.2, 0.25) is 0 Å². The van der Waals surface area contributed by atoms with E-state index >= 15 is 0 Å². The molecular formula is C39H43N5O4. The molecule has 9 nitrogen and oxygen atoms in total. The van der Waals surface area contributed by atoms with Crippen LogP contribution in [0, 0.1) is 0 Å². The number of methoxy groups -OCH3 is 1. The highest BCUT2D eigenvalue weighted by Crippen LogP contribution is 2.41. The molecule has 9 heteroatoms. The Hall–Kier alpha value is -5.15. The maximum absolute atomic E-state index is 13.6. The zero-order valence-corrected chi connectivity index (χ0v) is 28.5. The number of hydrogen-bond acceptors (Lipinski definition) is 7. The van der Waals surface area contributed by atoms with Crippen LogP contribution in [-0.2, 0) is 12.0 Å². The normalized spacial score (nSPS) is 13.5. The van der Waals surface area contributed by atoms with E-state index < -0.39 is 16.9 Å². The van der Waals surface area contributed by atoms with E-state index in [-0.39, 0.29) is 11.1 Å². The molecule has 1 saturated heterocycles. The molecule has 1 fully saturated rings. The van der Waals surface area contributed by atoms with Crippen LogP contribution in [0.15, 0.2) is 82.4 Å². The second-order valence-corrected chi connectivity index (χ2v) is 13.7. The molecular weight excluding hydrogens is 602 g/mol. The van der Waals surface area contributed by atoms with E-state index in [0.29, 0.717) is 28.5 Å². The summed E-state index contributed by atoms with van der Waals surface area (Å²) < 4.78 is 5.76. The van der Waals surface area contributed by atoms with Crippen molar-refractivity contribution in [3.05, 3.63) is 104 Å². The lowest BCUT2D eigenvalue weighted by atomic mass is 9.86. The number of urea groups is 1. The maximum Gasteiger partial charge on any atom is 0.323 e. The lowest BCUT2D eigenvalue weighted by molar-refractivity contribution is 0.262. The summed E-state index contributed by atoms with van der Waals surface area (Å²) >= 11 is 0. The van der Waals surface area contributed by atoms with Crippen LogP contribution >= 0.6 is 0 Å². The van der Waals surface area contributed by atoms with Gasteiger partial charge in [0, 0.05) is 26.0 Å². The highest BCUT2D eigenvalue weighted by Gasteiger charge is 2.26. The number of ether oxygens (including phenoxy) is 1. The molecule has 0 aliphatic carbocycles. The summed E-state index contributed by atoms with van der Waals surface area (Å²) in [5.74, 6) is 0.337. The van der Waals surface area contributed by atoms with Crippen LogP contribution in [0.25, 0.3) is 21.9 Å². The standard InChI is InChI=1S/C39H43N5O4/c1-39(2,3)26-21-31(40-33-34(43(4)5)36(46)35(33)45)37(48-6)32(22-26)42-38(47)41-30-18-17-27(28-11-7-8-12-29(28)30)25-15-13-24(14-16-25)23-44-19-9-10-20-44/h7-8,11-18,21-22,40H,9-10,19-20,23H2,1-6H3,(H2,41,42,47). The van der Waals surface area contributed by atoms with Crippen molar-refractivity contribution < 1.29 is 9.53 Å². The topological polar surface area (TPSA) is 103 Å². The van der Waals surface area contributed by atoms with Gasteiger partial charge in [0.2, 0.25) is 0 Å². The van der Waals surface area contributed by atoms with Crippen molar-refractivity contribution in [3.63, 3.8) is 0 Å². The first kappa shape index (κ1) is 32.8. The van der Waals surface area contributed by atoms with Crippen molar-refractivity contribution in [3.8, 4) is 16.9 Å². The second kappa shape index (κ2) is 13.2. The molecule has 1 heterocycles. The predicted octanol–water partition coefficient (Wildman–Crippen LogP) is 7.46. The van der Waals surface area contributed by atoms with Crippen LogP contribution in [0.5, 0.6) is 5.75 Å². The van der Waals surface area contributed by atoms with E-state index in [4.69, 9.17) is 4.74 Å². The summed E-state index contributed by atoms with van der Waals surface area (Å²) in [5.41, 5.74) is 5.03. The number of nitrogens with one attached hydrogen (secondary N) is 3. The van der Waals surface area contributed by atoms with Gasteiger partial charge in [0.1, 0.15) is 11.4 Å². The van der Waals surface area contributed by atoms with Gasteiger partial charge in [-0.1, -0.05) is 75.4 Å². The number of likely N-dealkylation sites (tertiary alicyclic amines) is 1. The first-order valence-electron chi connectivity index (χ1n) is 16.4. The molecule has 6 rings (SSSR count). The van der Waals surface area contributed by atoms with Gasteiger partial charge in [-0.05, 0) is 77.2 Å². The van der Waals surface area contributed by atoms with E-state index in [1.807, 2.05) is 42.5 Å². The molecule has 0 unspecified atom stereocenters. The minimum atomic E-state index is -0.595. The number of nitrogens with zero attached hydrogens (tertiary/aromatic N) is 2. The Morgan fingerprint density at radius 2 is 1.48 bits per heavy atom. The first-order valence-corrected chi connectivity index (χ1v) is 16.4. The van der Waals surface area contributed by atoms with Gasteiger partial charge < -0.3 is 25.6 Å². The van der Waals surface area contributed by atoms with Crippen molar-refractivity contribution in [2.45, 2.75) is 45.6 Å². The zero-order valence-electron chi connectivity index (χ0n) is 28.5. The highest BCUT2D eigenvalue weighted by molar-refractivity contribution is 6.10. The molecule has 0 aromatic heterocycles. The fraction of sp³-hybridized carbons (Fsp3) is 0.308. The highest BCUT2D eigenvalue weighted by atomic mass is 16.5. The second-order valence-electron chi connectivity index (χ2n) is 13.7. The molecule has 1 aliphatic heterocycles. The number of amides is 2. The van der Waals surface area contributed by atoms with Gasteiger partial charge >= 0.3 is 6.03 Å². The predicted molar refractivity (Wildman–Crippen MR) is 197 cm³/mol. The Labute approximate surface area is 281 Å². The third kappa shape index (κ3) is 6.51. The maximum atomic E-state index is 13.6. The number of carbonyl (C=O) groups excluding carboxylic acids is 1. The number of hydrogen-bond donors (Lipinski definition) is 3. The van der Waals surface area contributed by atoms with E-state index in [2.05, 4.69) is 72.0 Å². The van der Waals surface area contributed by atoms with Crippen molar-refractivity contribution in [2.75, 3.05) is 55.1 Å². The van der Waals surface area contributed by atoms with Crippen LogP contribution in [0.1, 0.15) is 44.7 Å². The van der Waals surface area contributed by atoms with E-state index in [0.717, 1.165) is 34.0 Å². The Bertz CT molecular complexity index is 2050. The monoisotopic (exact) mass is 645 g/mol. The quantitative estimate of drug-likeness (QED) is 0.143. The summed E-state index contributed by atoms with van der Waals surface area (Å²) in [4.78, 5) is 42.5. The van der Waals surface area contributed by atoms with Crippen molar-refractivity contribution in [2.24, 2.45) is 0 Å². The lowest BCUT2D eigenvalue weighted by Crippen LogP contribution is -2.39. The fourth-order valence-electron chi connectivity index (χ4n) is 6.45. The molecule has 248 valence electrons. The largest absolute Gasteiger partial charge is 0.492 e. The molecule has 0 saturated carbocycles. The molecule has 1 aliphatic rings. The van der Waals surface area contributed by atoms with E-state index in [1.165, 1.54) is 38.6 Å². The van der Waals surface area contributed by atoms with Crippen LogP contribution < -0.4 is 36.4 Å². The Balaban J connectivity index is 1.28. The number of fused-ring (bicyclic) bond motifs is 1. The summed E-state index contributed by atoms with van der Waals surface area (Å²) in [6.45, 7) is 9.48. The van der Waals surface area contributed by atoms with E-state index in [9.17, 15) is 14.4 Å². The third-order valence-electron chi connectivity index (χ3n) is 9.04. The van der Waals surface area contributed by atoms with Gasteiger partial charge in [-0.15, -0.1) is 0 Å². The average Bonchev–Trinajstić information content (AvgIpc) is 3.57. The summed E-state index contributed by atoms with van der Waals surface area (Å²) in [6.07, 6.45) is 2.55. The van der Waals surface area contributed by atoms with Crippen LogP contribution in [-0.4, -0.2) is 45.2 Å². The summed E-state index contributed by atoms with van der Waals surface area (Å²) in [7, 11) is 4.92. The Morgan fingerprint density at radius 3 is 2.12 bits per heavy atom. The van der Waals surface area contributed by atoms with Gasteiger partial charge in [0.15, 0.2) is 5.75 Å². The smallest absolute Gasteiger partial charge is 0.323 e. The molecule has 2 amide bonds. The van der Waals surface area contributed by atoms with Crippen molar-refractivity contribution in [1.29, 1.82) is 0 Å². The Morgan fingerprint density at radius 1 is 0.833 bits per heavy atom. The number of anilines is 5. The molecule has 0 spiro atoms. The first-order chi connectivity index (χ1) is 22.9. The number of benzene rings is 4. The van der Waals surface area contributed by atoms with Crippen molar-refractivity contribution >= 4 is 45.2 Å². The Kier molecular flexibility index (Phi) is 8.99. The van der Waals surface area contributed by atoms with E-state index in [1.54, 1.807) is 19.0 Å². The van der Waals surface area contributed by atoms with Crippen molar-refractivity contribution in [1.82, 2.24) is 4.90 Å². The molecule has 0 bridgehead atoms. The lowest BCUT2D eigenvalue weighted by Gasteiger charge is -2.25. The summed E-state index contributed by atoms with van der Waals surface area (Å²) in [5, 5.41) is 11.1. The molecule has 48 heavy (non-hydrogen) atoms. The third-order valence-corrected chi connectivity index (χ3v) is 9.04. The fourth-order valence-corrected chi connectivity index (χ4v) is 6.45. The minimum Gasteiger partial charge on any atom is -0.492 e. The molecule has 3 N–H and O–H groups in total. The number of carbonyl (C=O) groups is 1. The van der Waals surface area contributed by atoms with Gasteiger partial charge in [0.25, 0.3) is 10.9 Å². The molecule has 5 aromatic rings. The van der Waals surface area contributed by atoms with Gasteiger partial charge in [0.05, 0.1) is 24.2 Å². The van der Waals surface area contributed by atoms with Crippen LogP contribution in [0.3, 0.4) is 0 Å². The molecule has 0 atom stereocenters. The minimum absolute atomic E-state index is 0.192.